The number of phenolic OH excluding ortho intramolecular Hbond substituents is 1. The minimum Gasteiger partial charge on any atom is -0.507 e. The van der Waals surface area contributed by atoms with Gasteiger partial charge in [-0.2, -0.15) is 0 Å². The van der Waals surface area contributed by atoms with Gasteiger partial charge in [-0.05, 0) is 18.2 Å². The summed E-state index contributed by atoms with van der Waals surface area (Å²) in [5.41, 5.74) is -2.84. The zero-order valence-corrected chi connectivity index (χ0v) is 10.9. The van der Waals surface area contributed by atoms with Crippen molar-refractivity contribution in [3.8, 4) is 11.6 Å². The van der Waals surface area contributed by atoms with Crippen molar-refractivity contribution < 1.29 is 15.0 Å². The molecule has 1 heterocycles. The van der Waals surface area contributed by atoms with E-state index in [0.717, 1.165) is 6.07 Å². The molecule has 0 saturated carbocycles. The van der Waals surface area contributed by atoms with Gasteiger partial charge in [0.2, 0.25) is 11.6 Å². The molecular weight excluding hydrogens is 304 g/mol. The number of azo groups is 1. The lowest BCUT2D eigenvalue weighted by Gasteiger charge is -1.99. The molecule has 10 heteroatoms. The molecule has 9 nitrogen and oxygen atoms in total. The molecule has 0 spiro atoms. The van der Waals surface area contributed by atoms with E-state index in [9.17, 15) is 24.6 Å². The van der Waals surface area contributed by atoms with Crippen molar-refractivity contribution in [3.05, 3.63) is 49.6 Å². The standard InChI is InChI=1S/C11H7ClN4O5/c12-4-1-2-6(17)5(3-4)8(18)16-15-7-9(19)13-11(21)14-10(7)20/h1-3,17H,(H3,13,14,19,20,21). The maximum atomic E-state index is 11.7. The zero-order chi connectivity index (χ0) is 15.6. The Bertz CT molecular complexity index is 854. The van der Waals surface area contributed by atoms with Gasteiger partial charge < -0.3 is 10.2 Å². The second-order valence-electron chi connectivity index (χ2n) is 3.77. The van der Waals surface area contributed by atoms with Crippen LogP contribution in [-0.4, -0.2) is 26.1 Å². The number of aromatic hydroxyl groups is 2. The number of amides is 1. The number of aromatic nitrogens is 2. The third-order valence-electron chi connectivity index (χ3n) is 2.33. The summed E-state index contributed by atoms with van der Waals surface area (Å²) in [5, 5.41) is 25.5. The highest BCUT2D eigenvalue weighted by Gasteiger charge is 2.13. The fourth-order valence-corrected chi connectivity index (χ4v) is 1.56. The van der Waals surface area contributed by atoms with Crippen LogP contribution in [0.15, 0.2) is 38.0 Å². The lowest BCUT2D eigenvalue weighted by atomic mass is 10.2. The van der Waals surface area contributed by atoms with Gasteiger partial charge in [-0.25, -0.2) is 4.79 Å². The molecule has 0 fully saturated rings. The van der Waals surface area contributed by atoms with Gasteiger partial charge in [-0.1, -0.05) is 11.6 Å². The molecule has 0 radical (unpaired) electrons. The van der Waals surface area contributed by atoms with Crippen molar-refractivity contribution in [2.24, 2.45) is 10.2 Å². The van der Waals surface area contributed by atoms with Crippen molar-refractivity contribution >= 4 is 23.2 Å². The minimum atomic E-state index is -1.02. The minimum absolute atomic E-state index is 0.191. The van der Waals surface area contributed by atoms with E-state index in [4.69, 9.17) is 11.6 Å². The molecule has 1 aromatic carbocycles. The molecule has 0 aliphatic heterocycles. The van der Waals surface area contributed by atoms with Crippen molar-refractivity contribution in [3.63, 3.8) is 0 Å². The predicted octanol–water partition coefficient (Wildman–Crippen LogP) is 1.05. The fraction of sp³-hybridized carbons (Fsp3) is 0. The van der Waals surface area contributed by atoms with E-state index in [-0.39, 0.29) is 16.3 Å². The number of H-pyrrole nitrogens is 2. The molecule has 108 valence electrons. The van der Waals surface area contributed by atoms with E-state index < -0.39 is 28.7 Å². The Morgan fingerprint density at radius 2 is 1.90 bits per heavy atom. The molecule has 0 unspecified atom stereocenters. The van der Waals surface area contributed by atoms with Crippen LogP contribution in [0.4, 0.5) is 5.69 Å². The van der Waals surface area contributed by atoms with Crippen LogP contribution >= 0.6 is 11.6 Å². The molecule has 1 amide bonds. The number of nitrogens with zero attached hydrogens (tertiary/aromatic N) is 2. The van der Waals surface area contributed by atoms with E-state index in [1.54, 1.807) is 4.98 Å². The summed E-state index contributed by atoms with van der Waals surface area (Å²) in [6.45, 7) is 0. The Hall–Kier alpha value is -2.94. The first kappa shape index (κ1) is 14.5. The third kappa shape index (κ3) is 3.15. The van der Waals surface area contributed by atoms with Crippen molar-refractivity contribution in [1.82, 2.24) is 9.97 Å². The van der Waals surface area contributed by atoms with Gasteiger partial charge in [0.1, 0.15) is 5.75 Å². The Labute approximate surface area is 120 Å². The highest BCUT2D eigenvalue weighted by atomic mass is 35.5. The summed E-state index contributed by atoms with van der Waals surface area (Å²) in [7, 11) is 0. The highest BCUT2D eigenvalue weighted by Crippen LogP contribution is 2.23. The molecule has 4 N–H and O–H groups in total. The number of rotatable bonds is 2. The predicted molar refractivity (Wildman–Crippen MR) is 71.3 cm³/mol. The highest BCUT2D eigenvalue weighted by molar-refractivity contribution is 6.31. The summed E-state index contributed by atoms with van der Waals surface area (Å²) in [4.78, 5) is 37.6. The maximum Gasteiger partial charge on any atom is 0.328 e. The largest absolute Gasteiger partial charge is 0.507 e. The van der Waals surface area contributed by atoms with Gasteiger partial charge in [-0.15, -0.1) is 10.2 Å². The zero-order valence-electron chi connectivity index (χ0n) is 10.1. The normalized spacial score (nSPS) is 10.9. The van der Waals surface area contributed by atoms with Crippen LogP contribution in [0, 0.1) is 0 Å². The van der Waals surface area contributed by atoms with Crippen molar-refractivity contribution in [2.75, 3.05) is 0 Å². The SMILES string of the molecule is O=C(N=Nc1c(O)[nH]c(=O)[nH]c1=O)c1cc(Cl)ccc1O. The number of hydrogen-bond acceptors (Lipinski definition) is 6. The van der Waals surface area contributed by atoms with E-state index >= 15 is 0 Å². The first-order valence-electron chi connectivity index (χ1n) is 5.38. The maximum absolute atomic E-state index is 11.7. The van der Waals surface area contributed by atoms with Crippen molar-refractivity contribution in [2.45, 2.75) is 0 Å². The monoisotopic (exact) mass is 310 g/mol. The number of carbonyl (C=O) groups excluding carboxylic acids is 1. The van der Waals surface area contributed by atoms with Crippen LogP contribution in [0.1, 0.15) is 10.4 Å². The number of carbonyl (C=O) groups is 1. The quantitative estimate of drug-likeness (QED) is 0.612. The van der Waals surface area contributed by atoms with Gasteiger partial charge in [-0.3, -0.25) is 19.6 Å². The van der Waals surface area contributed by atoms with Gasteiger partial charge in [0, 0.05) is 5.02 Å². The average molecular weight is 311 g/mol. The van der Waals surface area contributed by atoms with Gasteiger partial charge in [0.15, 0.2) is 0 Å². The van der Waals surface area contributed by atoms with Gasteiger partial charge in [0.05, 0.1) is 5.56 Å². The lowest BCUT2D eigenvalue weighted by Crippen LogP contribution is -2.21. The van der Waals surface area contributed by atoms with Gasteiger partial charge >= 0.3 is 5.69 Å². The first-order chi connectivity index (χ1) is 9.88. The molecule has 0 aliphatic carbocycles. The molecule has 2 aromatic rings. The number of aromatic amines is 2. The van der Waals surface area contributed by atoms with Crippen LogP contribution in [0.2, 0.25) is 5.02 Å². The number of phenols is 1. The van der Waals surface area contributed by atoms with Crippen LogP contribution in [0.25, 0.3) is 0 Å². The molecule has 0 aliphatic rings. The van der Waals surface area contributed by atoms with Crippen LogP contribution in [-0.2, 0) is 0 Å². The smallest absolute Gasteiger partial charge is 0.328 e. The second-order valence-corrected chi connectivity index (χ2v) is 4.21. The summed E-state index contributed by atoms with van der Waals surface area (Å²) in [6.07, 6.45) is 0. The first-order valence-corrected chi connectivity index (χ1v) is 5.76. The Morgan fingerprint density at radius 3 is 2.57 bits per heavy atom. The van der Waals surface area contributed by atoms with Crippen LogP contribution in [0.3, 0.4) is 0 Å². The number of hydrogen-bond donors (Lipinski definition) is 4. The van der Waals surface area contributed by atoms with Crippen LogP contribution < -0.4 is 11.2 Å². The number of nitrogens with one attached hydrogen (secondary N) is 2. The Balaban J connectivity index is 2.38. The van der Waals surface area contributed by atoms with E-state index in [2.05, 4.69) is 10.2 Å². The topological polar surface area (TPSA) is 148 Å². The number of halogens is 1. The molecule has 1 aromatic heterocycles. The lowest BCUT2D eigenvalue weighted by molar-refractivity contribution is 0.0992. The summed E-state index contributed by atoms with van der Waals surface area (Å²) >= 11 is 5.68. The van der Waals surface area contributed by atoms with Gasteiger partial charge in [0.25, 0.3) is 11.5 Å². The summed E-state index contributed by atoms with van der Waals surface area (Å²) in [6, 6.07) is 3.72. The number of benzene rings is 1. The average Bonchev–Trinajstić information content (AvgIpc) is 2.40. The summed E-state index contributed by atoms with van der Waals surface area (Å²) < 4.78 is 0. The molecule has 0 bridgehead atoms. The van der Waals surface area contributed by atoms with Crippen molar-refractivity contribution in [1.29, 1.82) is 0 Å². The summed E-state index contributed by atoms with van der Waals surface area (Å²) in [5.74, 6) is -2.20. The molecule has 21 heavy (non-hydrogen) atoms. The fourth-order valence-electron chi connectivity index (χ4n) is 1.39. The third-order valence-corrected chi connectivity index (χ3v) is 2.56. The van der Waals surface area contributed by atoms with Crippen LogP contribution in [0.5, 0.6) is 11.6 Å². The molecule has 0 saturated heterocycles. The van der Waals surface area contributed by atoms with E-state index in [1.165, 1.54) is 12.1 Å². The molecule has 0 atom stereocenters. The molecular formula is C11H7ClN4O5. The Morgan fingerprint density at radius 1 is 1.19 bits per heavy atom. The van der Waals surface area contributed by atoms with E-state index in [1.807, 2.05) is 4.98 Å². The Kier molecular flexibility index (Phi) is 3.85. The molecule has 2 rings (SSSR count). The second kappa shape index (κ2) is 5.59. The van der Waals surface area contributed by atoms with E-state index in [0.29, 0.717) is 0 Å².